The maximum Gasteiger partial charge on any atom is 0.335 e. The number of imide groups is 2. The van der Waals surface area contributed by atoms with Crippen molar-refractivity contribution in [3.8, 4) is 6.07 Å². The molecule has 0 spiro atoms. The Hall–Kier alpha value is -4.96. The Bertz CT molecular complexity index is 1530. The second-order valence-corrected chi connectivity index (χ2v) is 7.79. The Morgan fingerprint density at radius 3 is 2.38 bits per heavy atom. The fourth-order valence-corrected chi connectivity index (χ4v) is 4.10. The van der Waals surface area contributed by atoms with Crippen LogP contribution in [0.15, 0.2) is 90.6 Å². The van der Waals surface area contributed by atoms with Crippen LogP contribution in [0.3, 0.4) is 0 Å². The van der Waals surface area contributed by atoms with Gasteiger partial charge < -0.3 is 4.57 Å². The molecule has 1 saturated heterocycles. The van der Waals surface area contributed by atoms with Gasteiger partial charge in [0.2, 0.25) is 0 Å². The number of aromatic nitrogens is 1. The first-order valence-corrected chi connectivity index (χ1v) is 10.6. The first-order valence-electron chi connectivity index (χ1n) is 10.6. The number of hydrogen-bond donors (Lipinski definition) is 1. The Morgan fingerprint density at radius 2 is 1.59 bits per heavy atom. The van der Waals surface area contributed by atoms with Crippen molar-refractivity contribution in [3.05, 3.63) is 107 Å². The van der Waals surface area contributed by atoms with Gasteiger partial charge in [-0.05, 0) is 35.9 Å². The highest BCUT2D eigenvalue weighted by molar-refractivity contribution is 6.39. The number of nitrogens with one attached hydrogen (secondary N) is 1. The molecule has 3 aromatic carbocycles. The third-order valence-electron chi connectivity index (χ3n) is 5.71. The number of anilines is 1. The molecule has 2 heterocycles. The summed E-state index contributed by atoms with van der Waals surface area (Å²) in [5.74, 6) is -1.43. The molecular formula is C27H18N4O3. The normalized spacial score (nSPS) is 15.0. The monoisotopic (exact) mass is 446 g/mol. The third-order valence-corrected chi connectivity index (χ3v) is 5.71. The number of rotatable bonds is 4. The van der Waals surface area contributed by atoms with Crippen molar-refractivity contribution in [1.82, 2.24) is 9.88 Å². The fourth-order valence-electron chi connectivity index (χ4n) is 4.10. The average Bonchev–Trinajstić information content (AvgIpc) is 3.20. The van der Waals surface area contributed by atoms with Crippen LogP contribution in [0.25, 0.3) is 17.0 Å². The summed E-state index contributed by atoms with van der Waals surface area (Å²) in [6, 6.07) is 24.9. The molecule has 34 heavy (non-hydrogen) atoms. The number of nitrogens with zero attached hydrogens (tertiary/aromatic N) is 3. The van der Waals surface area contributed by atoms with E-state index in [1.807, 2.05) is 53.2 Å². The van der Waals surface area contributed by atoms with E-state index in [1.54, 1.807) is 36.4 Å². The van der Waals surface area contributed by atoms with Gasteiger partial charge in [0.05, 0.1) is 17.3 Å². The van der Waals surface area contributed by atoms with Gasteiger partial charge in [-0.1, -0.05) is 54.6 Å². The lowest BCUT2D eigenvalue weighted by atomic mass is 10.1. The lowest BCUT2D eigenvalue weighted by Gasteiger charge is -2.26. The summed E-state index contributed by atoms with van der Waals surface area (Å²) in [6.07, 6.45) is 3.35. The number of barbiturate groups is 1. The number of benzene rings is 3. The minimum atomic E-state index is -0.783. The van der Waals surface area contributed by atoms with Crippen LogP contribution in [0, 0.1) is 11.3 Å². The third kappa shape index (κ3) is 3.63. The zero-order valence-electron chi connectivity index (χ0n) is 17.9. The predicted octanol–water partition coefficient (Wildman–Crippen LogP) is 4.23. The van der Waals surface area contributed by atoms with Crippen molar-refractivity contribution in [1.29, 1.82) is 5.26 Å². The van der Waals surface area contributed by atoms with Gasteiger partial charge in [-0.2, -0.15) is 5.26 Å². The number of amides is 4. The number of nitriles is 1. The van der Waals surface area contributed by atoms with Gasteiger partial charge in [-0.25, -0.2) is 9.69 Å². The van der Waals surface area contributed by atoms with Gasteiger partial charge in [0.15, 0.2) is 0 Å². The first kappa shape index (κ1) is 20.9. The molecule has 0 unspecified atom stereocenters. The summed E-state index contributed by atoms with van der Waals surface area (Å²) in [5, 5.41) is 12.5. The van der Waals surface area contributed by atoms with E-state index in [0.29, 0.717) is 23.4 Å². The van der Waals surface area contributed by atoms with Gasteiger partial charge in [-0.3, -0.25) is 14.9 Å². The summed E-state index contributed by atoms with van der Waals surface area (Å²) in [5.41, 5.74) is 3.23. The minimum Gasteiger partial charge on any atom is -0.342 e. The van der Waals surface area contributed by atoms with E-state index < -0.39 is 17.8 Å². The molecule has 164 valence electrons. The van der Waals surface area contributed by atoms with Crippen molar-refractivity contribution < 1.29 is 14.4 Å². The van der Waals surface area contributed by atoms with Gasteiger partial charge in [0.1, 0.15) is 5.57 Å². The van der Waals surface area contributed by atoms with Crippen LogP contribution < -0.4 is 10.2 Å². The van der Waals surface area contributed by atoms with Gasteiger partial charge in [0, 0.05) is 29.2 Å². The second kappa shape index (κ2) is 8.52. The topological polar surface area (TPSA) is 95.2 Å². The molecule has 1 aliphatic heterocycles. The highest BCUT2D eigenvalue weighted by atomic mass is 16.2. The zero-order valence-corrected chi connectivity index (χ0v) is 17.9. The zero-order chi connectivity index (χ0) is 23.7. The highest BCUT2D eigenvalue weighted by Gasteiger charge is 2.36. The summed E-state index contributed by atoms with van der Waals surface area (Å²) in [7, 11) is 0. The largest absolute Gasteiger partial charge is 0.342 e. The number of urea groups is 1. The quantitative estimate of drug-likeness (QED) is 0.375. The number of fused-ring (bicyclic) bond motifs is 1. The summed E-state index contributed by atoms with van der Waals surface area (Å²) in [4.78, 5) is 39.2. The average molecular weight is 446 g/mol. The van der Waals surface area contributed by atoms with E-state index >= 15 is 0 Å². The Balaban J connectivity index is 1.59. The molecule has 0 bridgehead atoms. The molecule has 7 nitrogen and oxygen atoms in total. The molecule has 7 heteroatoms. The summed E-state index contributed by atoms with van der Waals surface area (Å²) >= 11 is 0. The van der Waals surface area contributed by atoms with Crippen LogP contribution >= 0.6 is 0 Å². The molecular weight excluding hydrogens is 428 g/mol. The fraction of sp³-hybridized carbons (Fsp3) is 0.0370. The van der Waals surface area contributed by atoms with E-state index in [0.717, 1.165) is 21.4 Å². The lowest BCUT2D eigenvalue weighted by Crippen LogP contribution is -2.54. The maximum atomic E-state index is 13.2. The Morgan fingerprint density at radius 1 is 0.882 bits per heavy atom. The molecule has 0 aliphatic carbocycles. The molecule has 4 amide bonds. The number of para-hydroxylation sites is 2. The van der Waals surface area contributed by atoms with E-state index in [9.17, 15) is 19.6 Å². The Labute approximate surface area is 195 Å². The molecule has 1 fully saturated rings. The van der Waals surface area contributed by atoms with Crippen molar-refractivity contribution in [2.75, 3.05) is 4.90 Å². The van der Waals surface area contributed by atoms with Crippen molar-refractivity contribution in [2.45, 2.75) is 6.54 Å². The molecule has 0 radical (unpaired) electrons. The SMILES string of the molecule is N#Cc1ccccc1Cn1cc(/C=C2\C(=O)NC(=O)N(c3ccccc3)C2=O)c2ccccc21. The van der Waals surface area contributed by atoms with Crippen LogP contribution in [0.5, 0.6) is 0 Å². The van der Waals surface area contributed by atoms with E-state index in [-0.39, 0.29) is 5.57 Å². The smallest absolute Gasteiger partial charge is 0.335 e. The minimum absolute atomic E-state index is 0.135. The van der Waals surface area contributed by atoms with Crippen molar-refractivity contribution in [2.24, 2.45) is 0 Å². The van der Waals surface area contributed by atoms with Gasteiger partial charge in [-0.15, -0.1) is 0 Å². The lowest BCUT2D eigenvalue weighted by molar-refractivity contribution is -0.122. The molecule has 1 aliphatic rings. The maximum absolute atomic E-state index is 13.2. The Kier molecular flexibility index (Phi) is 5.24. The molecule has 1 aromatic heterocycles. The second-order valence-electron chi connectivity index (χ2n) is 7.79. The van der Waals surface area contributed by atoms with E-state index in [4.69, 9.17) is 0 Å². The van der Waals surface area contributed by atoms with Crippen LogP contribution in [0.4, 0.5) is 10.5 Å². The van der Waals surface area contributed by atoms with Crippen molar-refractivity contribution in [3.63, 3.8) is 0 Å². The van der Waals surface area contributed by atoms with Crippen LogP contribution in [0.1, 0.15) is 16.7 Å². The van der Waals surface area contributed by atoms with Crippen LogP contribution in [-0.4, -0.2) is 22.4 Å². The standard InChI is InChI=1S/C27H18N4O3/c28-15-18-8-4-5-9-19(18)16-30-17-20(22-12-6-7-13-24(22)30)14-23-25(32)29-27(34)31(26(23)33)21-10-2-1-3-11-21/h1-14,17H,16H2,(H,29,32,34)/b23-14+. The van der Waals surface area contributed by atoms with Crippen LogP contribution in [0.2, 0.25) is 0 Å². The molecule has 1 N–H and O–H groups in total. The number of carbonyl (C=O) groups excluding carboxylic acids is 3. The van der Waals surface area contributed by atoms with E-state index in [2.05, 4.69) is 11.4 Å². The van der Waals surface area contributed by atoms with Crippen molar-refractivity contribution >= 4 is 40.5 Å². The first-order chi connectivity index (χ1) is 16.6. The van der Waals surface area contributed by atoms with E-state index in [1.165, 1.54) is 6.08 Å². The number of carbonyl (C=O) groups is 3. The number of hydrogen-bond acceptors (Lipinski definition) is 4. The predicted molar refractivity (Wildman–Crippen MR) is 128 cm³/mol. The van der Waals surface area contributed by atoms with Crippen LogP contribution in [-0.2, 0) is 16.1 Å². The molecule has 5 rings (SSSR count). The molecule has 0 atom stereocenters. The van der Waals surface area contributed by atoms with Gasteiger partial charge >= 0.3 is 6.03 Å². The summed E-state index contributed by atoms with van der Waals surface area (Å²) in [6.45, 7) is 0.447. The molecule has 4 aromatic rings. The highest BCUT2D eigenvalue weighted by Crippen LogP contribution is 2.27. The molecule has 0 saturated carbocycles. The van der Waals surface area contributed by atoms with Gasteiger partial charge in [0.25, 0.3) is 11.8 Å². The summed E-state index contributed by atoms with van der Waals surface area (Å²) < 4.78 is 1.98.